The molecule has 2 rings (SSSR count). The van der Waals surface area contributed by atoms with E-state index in [2.05, 4.69) is 0 Å². The molecule has 0 atom stereocenters. The van der Waals surface area contributed by atoms with E-state index >= 15 is 0 Å². The fourth-order valence-corrected chi connectivity index (χ4v) is 2.00. The summed E-state index contributed by atoms with van der Waals surface area (Å²) >= 11 is 0. The lowest BCUT2D eigenvalue weighted by atomic mass is 9.77. The van der Waals surface area contributed by atoms with Crippen LogP contribution >= 0.6 is 0 Å². The summed E-state index contributed by atoms with van der Waals surface area (Å²) in [5.41, 5.74) is 2.67. The molecule has 21 heavy (non-hydrogen) atoms. The molecule has 116 valence electrons. The van der Waals surface area contributed by atoms with E-state index in [0.717, 1.165) is 6.07 Å². The molecule has 0 spiro atoms. The number of benzene rings is 1. The third-order valence-corrected chi connectivity index (χ3v) is 3.99. The number of nitrogen functional groups attached to an aromatic ring is 1. The Morgan fingerprint density at radius 3 is 1.95 bits per heavy atom. The molecule has 0 aliphatic carbocycles. The molecule has 0 bridgehead atoms. The van der Waals surface area contributed by atoms with Crippen molar-refractivity contribution in [3.05, 3.63) is 23.5 Å². The Bertz CT molecular complexity index is 556. The van der Waals surface area contributed by atoms with Crippen molar-refractivity contribution < 1.29 is 26.9 Å². The van der Waals surface area contributed by atoms with Gasteiger partial charge < -0.3 is 15.0 Å². The van der Waals surface area contributed by atoms with Gasteiger partial charge in [0, 0.05) is 11.2 Å². The van der Waals surface area contributed by atoms with Gasteiger partial charge in [-0.2, -0.15) is 13.2 Å². The highest BCUT2D eigenvalue weighted by Crippen LogP contribution is 2.38. The first kappa shape index (κ1) is 16.1. The van der Waals surface area contributed by atoms with E-state index < -0.39 is 35.9 Å². The normalized spacial score (nSPS) is 20.9. The Morgan fingerprint density at radius 2 is 1.52 bits per heavy atom. The molecule has 1 aromatic carbocycles. The van der Waals surface area contributed by atoms with Crippen LogP contribution in [0.25, 0.3) is 0 Å². The fourth-order valence-electron chi connectivity index (χ4n) is 2.00. The van der Waals surface area contributed by atoms with Crippen LogP contribution in [0, 0.1) is 5.82 Å². The number of nitrogens with two attached hydrogens (primary N) is 1. The summed E-state index contributed by atoms with van der Waals surface area (Å²) in [5, 5.41) is 0. The number of hydrogen-bond donors (Lipinski definition) is 1. The van der Waals surface area contributed by atoms with Crippen LogP contribution in [0.4, 0.5) is 23.2 Å². The maximum absolute atomic E-state index is 13.7. The number of alkyl halides is 3. The van der Waals surface area contributed by atoms with Crippen LogP contribution in [0.1, 0.15) is 33.3 Å². The Morgan fingerprint density at radius 1 is 1.05 bits per heavy atom. The van der Waals surface area contributed by atoms with Crippen LogP contribution in [0.3, 0.4) is 0 Å². The molecule has 1 saturated heterocycles. The first-order chi connectivity index (χ1) is 9.35. The van der Waals surface area contributed by atoms with Crippen LogP contribution in [0.15, 0.2) is 12.1 Å². The fraction of sp³-hybridized carbons (Fsp3) is 0.538. The largest absolute Gasteiger partial charge is 0.497 e. The third-order valence-electron chi connectivity index (χ3n) is 3.99. The lowest BCUT2D eigenvalue weighted by Gasteiger charge is -2.32. The molecule has 2 N–H and O–H groups in total. The van der Waals surface area contributed by atoms with Gasteiger partial charge in [0.15, 0.2) is 0 Å². The number of rotatable bonds is 1. The van der Waals surface area contributed by atoms with Gasteiger partial charge in [0.25, 0.3) is 0 Å². The van der Waals surface area contributed by atoms with Crippen molar-refractivity contribution in [1.82, 2.24) is 0 Å². The minimum Gasteiger partial charge on any atom is -0.399 e. The number of anilines is 1. The second kappa shape index (κ2) is 4.61. The van der Waals surface area contributed by atoms with Gasteiger partial charge in [-0.1, -0.05) is 0 Å². The summed E-state index contributed by atoms with van der Waals surface area (Å²) in [6, 6.07) is 1.29. The second-order valence-electron chi connectivity index (χ2n) is 6.05. The van der Waals surface area contributed by atoms with E-state index in [-0.39, 0.29) is 11.2 Å². The average molecular weight is 305 g/mol. The maximum Gasteiger partial charge on any atom is 0.497 e. The number of halogens is 4. The van der Waals surface area contributed by atoms with Crippen molar-refractivity contribution in [1.29, 1.82) is 0 Å². The van der Waals surface area contributed by atoms with Crippen LogP contribution in [0.5, 0.6) is 0 Å². The molecule has 0 amide bonds. The molecule has 3 nitrogen and oxygen atoms in total. The van der Waals surface area contributed by atoms with Crippen molar-refractivity contribution in [2.75, 3.05) is 5.73 Å². The van der Waals surface area contributed by atoms with Crippen molar-refractivity contribution >= 4 is 18.3 Å². The van der Waals surface area contributed by atoms with Gasteiger partial charge in [-0.15, -0.1) is 0 Å². The molecule has 0 unspecified atom stereocenters. The second-order valence-corrected chi connectivity index (χ2v) is 6.05. The Hall–Kier alpha value is -1.28. The van der Waals surface area contributed by atoms with Crippen LogP contribution < -0.4 is 11.2 Å². The minimum atomic E-state index is -4.80. The first-order valence-electron chi connectivity index (χ1n) is 6.37. The summed E-state index contributed by atoms with van der Waals surface area (Å²) < 4.78 is 62.9. The minimum absolute atomic E-state index is 0.0548. The summed E-state index contributed by atoms with van der Waals surface area (Å²) in [6.07, 6.45) is -4.80. The maximum atomic E-state index is 13.7. The van der Waals surface area contributed by atoms with E-state index in [1.54, 1.807) is 27.7 Å². The van der Waals surface area contributed by atoms with Crippen LogP contribution in [-0.4, -0.2) is 18.3 Å². The summed E-state index contributed by atoms with van der Waals surface area (Å²) in [7, 11) is -1.01. The van der Waals surface area contributed by atoms with Crippen molar-refractivity contribution in [3.8, 4) is 0 Å². The molecule has 0 aromatic heterocycles. The van der Waals surface area contributed by atoms with Gasteiger partial charge in [0.1, 0.15) is 5.82 Å². The molecular weight excluding hydrogens is 289 g/mol. The van der Waals surface area contributed by atoms with Gasteiger partial charge >= 0.3 is 13.3 Å². The molecule has 0 radical (unpaired) electrons. The molecule has 0 saturated carbocycles. The summed E-state index contributed by atoms with van der Waals surface area (Å²) in [5.74, 6) is -1.40. The molecular formula is C13H16BF4NO2. The Kier molecular flexibility index (Phi) is 3.53. The average Bonchev–Trinajstić information content (AvgIpc) is 2.49. The Labute approximate surface area is 120 Å². The highest BCUT2D eigenvalue weighted by atomic mass is 19.4. The molecule has 1 aliphatic heterocycles. The SMILES string of the molecule is CC1(C)OB(c2cc(F)c(C(F)(F)F)cc2N)OC1(C)C. The molecule has 1 fully saturated rings. The van der Waals surface area contributed by atoms with Gasteiger partial charge in [-0.25, -0.2) is 4.39 Å². The monoisotopic (exact) mass is 305 g/mol. The van der Waals surface area contributed by atoms with Gasteiger partial charge in [-0.05, 0) is 39.8 Å². The quantitative estimate of drug-likeness (QED) is 0.493. The van der Waals surface area contributed by atoms with Crippen molar-refractivity contribution in [2.24, 2.45) is 0 Å². The third kappa shape index (κ3) is 2.74. The lowest BCUT2D eigenvalue weighted by molar-refractivity contribution is -0.139. The predicted molar refractivity (Wildman–Crippen MR) is 71.5 cm³/mol. The lowest BCUT2D eigenvalue weighted by Crippen LogP contribution is -2.41. The van der Waals surface area contributed by atoms with Gasteiger partial charge in [0.05, 0.1) is 16.8 Å². The molecule has 1 aromatic rings. The molecule has 1 aliphatic rings. The van der Waals surface area contributed by atoms with E-state index in [9.17, 15) is 17.6 Å². The van der Waals surface area contributed by atoms with Crippen molar-refractivity contribution in [2.45, 2.75) is 45.1 Å². The highest BCUT2D eigenvalue weighted by Gasteiger charge is 2.52. The zero-order chi connectivity index (χ0) is 16.2. The molecule has 8 heteroatoms. The zero-order valence-corrected chi connectivity index (χ0v) is 12.1. The Balaban J connectivity index is 2.42. The van der Waals surface area contributed by atoms with Gasteiger partial charge in [0.2, 0.25) is 0 Å². The van der Waals surface area contributed by atoms with Crippen LogP contribution in [-0.2, 0) is 15.5 Å². The summed E-state index contributed by atoms with van der Waals surface area (Å²) in [4.78, 5) is 0. The highest BCUT2D eigenvalue weighted by molar-refractivity contribution is 6.63. The van der Waals surface area contributed by atoms with E-state index in [0.29, 0.717) is 6.07 Å². The first-order valence-corrected chi connectivity index (χ1v) is 6.37. The molecule has 1 heterocycles. The van der Waals surface area contributed by atoms with Gasteiger partial charge in [-0.3, -0.25) is 0 Å². The van der Waals surface area contributed by atoms with E-state index in [1.807, 2.05) is 0 Å². The predicted octanol–water partition coefficient (Wildman–Crippen LogP) is 2.73. The number of hydrogen-bond acceptors (Lipinski definition) is 3. The van der Waals surface area contributed by atoms with Crippen molar-refractivity contribution in [3.63, 3.8) is 0 Å². The van der Waals surface area contributed by atoms with E-state index in [4.69, 9.17) is 15.0 Å². The topological polar surface area (TPSA) is 44.5 Å². The van der Waals surface area contributed by atoms with Crippen LogP contribution in [0.2, 0.25) is 0 Å². The standard InChI is InChI=1S/C13H16BF4NO2/c1-11(2)12(3,4)21-14(20-11)8-6-9(15)7(5-10(8)19)13(16,17)18/h5-6H,19H2,1-4H3. The summed E-state index contributed by atoms with van der Waals surface area (Å²) in [6.45, 7) is 7.13. The van der Waals surface area contributed by atoms with E-state index in [1.165, 1.54) is 0 Å². The zero-order valence-electron chi connectivity index (χ0n) is 12.1. The smallest absolute Gasteiger partial charge is 0.399 e.